The third kappa shape index (κ3) is 4.83. The topological polar surface area (TPSA) is 75.4 Å². The Kier molecular flexibility index (Phi) is 6.36. The standard InChI is InChI=1S/C22H24FN3O3S/c1-14(27)11-24-12-17-3-5-21(30-17)19(28)13-26-8-6-15(7-9-26)22-18-4-2-16(23)10-20(18)29-25-22/h2-5,10,15,24H,6-9,11-13H2,1H3. The molecule has 8 heteroatoms. The van der Waals surface area contributed by atoms with Crippen LogP contribution in [0.25, 0.3) is 11.0 Å². The van der Waals surface area contributed by atoms with Gasteiger partial charge in [-0.25, -0.2) is 4.39 Å². The van der Waals surface area contributed by atoms with Gasteiger partial charge in [0.2, 0.25) is 0 Å². The fourth-order valence-corrected chi connectivity index (χ4v) is 4.76. The van der Waals surface area contributed by atoms with E-state index in [1.54, 1.807) is 13.0 Å². The van der Waals surface area contributed by atoms with Crippen molar-refractivity contribution in [1.29, 1.82) is 0 Å². The van der Waals surface area contributed by atoms with E-state index in [4.69, 9.17) is 4.52 Å². The molecule has 0 spiro atoms. The minimum atomic E-state index is -0.329. The number of fused-ring (bicyclic) bond motifs is 1. The predicted octanol–water partition coefficient (Wildman–Crippen LogP) is 3.77. The summed E-state index contributed by atoms with van der Waals surface area (Å²) in [5.41, 5.74) is 1.37. The highest BCUT2D eigenvalue weighted by Crippen LogP contribution is 2.33. The van der Waals surface area contributed by atoms with Gasteiger partial charge < -0.3 is 9.84 Å². The van der Waals surface area contributed by atoms with Crippen molar-refractivity contribution >= 4 is 33.9 Å². The zero-order valence-corrected chi connectivity index (χ0v) is 17.6. The third-order valence-corrected chi connectivity index (χ3v) is 6.54. The van der Waals surface area contributed by atoms with Crippen molar-refractivity contribution < 1.29 is 18.5 Å². The average molecular weight is 430 g/mol. The lowest BCUT2D eigenvalue weighted by molar-refractivity contribution is -0.116. The molecule has 6 nitrogen and oxygen atoms in total. The molecular weight excluding hydrogens is 405 g/mol. The number of carbonyl (C=O) groups is 2. The summed E-state index contributed by atoms with van der Waals surface area (Å²) in [6.45, 7) is 4.50. The average Bonchev–Trinajstić information content (AvgIpc) is 3.35. The summed E-state index contributed by atoms with van der Waals surface area (Å²) in [4.78, 5) is 27.6. The molecule has 0 radical (unpaired) electrons. The molecule has 1 aliphatic heterocycles. The Morgan fingerprint density at radius 2 is 2.07 bits per heavy atom. The second-order valence-electron chi connectivity index (χ2n) is 7.75. The van der Waals surface area contributed by atoms with E-state index in [1.165, 1.54) is 23.5 Å². The number of hydrogen-bond acceptors (Lipinski definition) is 7. The second kappa shape index (κ2) is 9.16. The Labute approximate surface area is 178 Å². The molecule has 1 fully saturated rings. The summed E-state index contributed by atoms with van der Waals surface area (Å²) in [7, 11) is 0. The minimum absolute atomic E-state index is 0.0945. The fourth-order valence-electron chi connectivity index (χ4n) is 3.86. The van der Waals surface area contributed by atoms with E-state index in [0.717, 1.165) is 46.8 Å². The predicted molar refractivity (Wildman–Crippen MR) is 113 cm³/mol. The Bertz CT molecular complexity index is 1050. The maximum Gasteiger partial charge on any atom is 0.186 e. The molecule has 2 aromatic heterocycles. The van der Waals surface area contributed by atoms with Crippen LogP contribution in [0, 0.1) is 5.82 Å². The lowest BCUT2D eigenvalue weighted by atomic mass is 9.91. The quantitative estimate of drug-likeness (QED) is 0.550. The lowest BCUT2D eigenvalue weighted by Gasteiger charge is -2.30. The molecule has 1 N–H and O–H groups in total. The lowest BCUT2D eigenvalue weighted by Crippen LogP contribution is -2.36. The molecule has 3 heterocycles. The first kappa shape index (κ1) is 20.8. The molecule has 1 aliphatic rings. The Morgan fingerprint density at radius 3 is 2.83 bits per heavy atom. The van der Waals surface area contributed by atoms with Gasteiger partial charge >= 0.3 is 0 Å². The van der Waals surface area contributed by atoms with E-state index in [9.17, 15) is 14.0 Å². The number of Topliss-reactive ketones (excluding diaryl/α,β-unsaturated/α-hetero) is 2. The van der Waals surface area contributed by atoms with E-state index < -0.39 is 0 Å². The number of nitrogens with zero attached hydrogens (tertiary/aromatic N) is 2. The molecule has 0 saturated carbocycles. The van der Waals surface area contributed by atoms with Gasteiger partial charge in [0.1, 0.15) is 11.6 Å². The molecule has 0 aliphatic carbocycles. The third-order valence-electron chi connectivity index (χ3n) is 5.41. The van der Waals surface area contributed by atoms with Crippen molar-refractivity contribution in [1.82, 2.24) is 15.4 Å². The van der Waals surface area contributed by atoms with Crippen molar-refractivity contribution in [3.63, 3.8) is 0 Å². The van der Waals surface area contributed by atoms with Gasteiger partial charge in [0.15, 0.2) is 11.4 Å². The smallest absolute Gasteiger partial charge is 0.186 e. The number of thiophene rings is 1. The summed E-state index contributed by atoms with van der Waals surface area (Å²) in [5, 5.41) is 8.12. The first-order chi connectivity index (χ1) is 14.5. The molecule has 1 saturated heterocycles. The number of ketones is 2. The van der Waals surface area contributed by atoms with Gasteiger partial charge in [0.25, 0.3) is 0 Å². The van der Waals surface area contributed by atoms with Gasteiger partial charge in [-0.15, -0.1) is 11.3 Å². The normalized spacial score (nSPS) is 15.7. The number of aromatic nitrogens is 1. The monoisotopic (exact) mass is 429 g/mol. The van der Waals surface area contributed by atoms with Gasteiger partial charge in [-0.1, -0.05) is 5.16 Å². The number of hydrogen-bond donors (Lipinski definition) is 1. The maximum atomic E-state index is 13.4. The summed E-state index contributed by atoms with van der Waals surface area (Å²) in [6, 6.07) is 8.33. The van der Waals surface area contributed by atoms with Gasteiger partial charge in [-0.2, -0.15) is 0 Å². The number of piperidine rings is 1. The zero-order valence-electron chi connectivity index (χ0n) is 16.8. The minimum Gasteiger partial charge on any atom is -0.356 e. The number of likely N-dealkylation sites (tertiary alicyclic amines) is 1. The molecule has 4 rings (SSSR count). The highest BCUT2D eigenvalue weighted by atomic mass is 32.1. The first-order valence-corrected chi connectivity index (χ1v) is 10.9. The fraction of sp³-hybridized carbons (Fsp3) is 0.409. The highest BCUT2D eigenvalue weighted by Gasteiger charge is 2.26. The van der Waals surface area contributed by atoms with Crippen LogP contribution in [0.1, 0.15) is 45.9 Å². The Hall–Kier alpha value is -2.42. The van der Waals surface area contributed by atoms with E-state index in [0.29, 0.717) is 25.2 Å². The van der Waals surface area contributed by atoms with Crippen LogP contribution in [-0.4, -0.2) is 47.8 Å². The van der Waals surface area contributed by atoms with Crippen LogP contribution < -0.4 is 5.32 Å². The molecule has 0 bridgehead atoms. The SMILES string of the molecule is CC(=O)CNCc1ccc(C(=O)CN2CCC(c3noc4cc(F)ccc34)CC2)s1. The molecule has 1 aromatic carbocycles. The van der Waals surface area contributed by atoms with Gasteiger partial charge in [-0.3, -0.25) is 14.5 Å². The maximum absolute atomic E-state index is 13.4. The van der Waals surface area contributed by atoms with E-state index in [2.05, 4.69) is 15.4 Å². The summed E-state index contributed by atoms with van der Waals surface area (Å²) >= 11 is 1.48. The van der Waals surface area contributed by atoms with Gasteiger partial charge in [0.05, 0.1) is 23.7 Å². The molecule has 0 unspecified atom stereocenters. The zero-order chi connectivity index (χ0) is 21.1. The molecule has 3 aromatic rings. The molecule has 158 valence electrons. The van der Waals surface area contributed by atoms with Crippen LogP contribution in [0.4, 0.5) is 4.39 Å². The molecule has 0 atom stereocenters. The van der Waals surface area contributed by atoms with Crippen LogP contribution in [0.5, 0.6) is 0 Å². The van der Waals surface area contributed by atoms with Crippen molar-refractivity contribution in [3.8, 4) is 0 Å². The molecule has 0 amide bonds. The number of nitrogens with one attached hydrogen (secondary N) is 1. The number of halogens is 1. The van der Waals surface area contributed by atoms with Gasteiger partial charge in [0, 0.05) is 28.8 Å². The summed E-state index contributed by atoms with van der Waals surface area (Å²) in [5.74, 6) is 0.143. The van der Waals surface area contributed by atoms with Crippen molar-refractivity contribution in [3.05, 3.63) is 51.6 Å². The summed E-state index contributed by atoms with van der Waals surface area (Å²) < 4.78 is 18.6. The van der Waals surface area contributed by atoms with Crippen LogP contribution in [0.2, 0.25) is 0 Å². The van der Waals surface area contributed by atoms with Crippen molar-refractivity contribution in [2.24, 2.45) is 0 Å². The van der Waals surface area contributed by atoms with Crippen LogP contribution in [0.15, 0.2) is 34.9 Å². The Morgan fingerprint density at radius 1 is 1.27 bits per heavy atom. The molecular formula is C22H24FN3O3S. The highest BCUT2D eigenvalue weighted by molar-refractivity contribution is 7.14. The van der Waals surface area contributed by atoms with E-state index in [1.807, 2.05) is 12.1 Å². The second-order valence-corrected chi connectivity index (χ2v) is 8.92. The first-order valence-electron chi connectivity index (χ1n) is 10.1. The van der Waals surface area contributed by atoms with E-state index >= 15 is 0 Å². The van der Waals surface area contributed by atoms with Crippen molar-refractivity contribution in [2.75, 3.05) is 26.2 Å². The molecule has 30 heavy (non-hydrogen) atoms. The number of benzene rings is 1. The summed E-state index contributed by atoms with van der Waals surface area (Å²) in [6.07, 6.45) is 1.77. The van der Waals surface area contributed by atoms with E-state index in [-0.39, 0.29) is 23.3 Å². The van der Waals surface area contributed by atoms with Crippen molar-refractivity contribution in [2.45, 2.75) is 32.2 Å². The Balaban J connectivity index is 1.30. The number of rotatable bonds is 8. The van der Waals surface area contributed by atoms with Gasteiger partial charge in [-0.05, 0) is 57.1 Å². The van der Waals surface area contributed by atoms with Crippen LogP contribution in [0.3, 0.4) is 0 Å². The van der Waals surface area contributed by atoms with Crippen LogP contribution in [-0.2, 0) is 11.3 Å². The van der Waals surface area contributed by atoms with Crippen LogP contribution >= 0.6 is 11.3 Å². The largest absolute Gasteiger partial charge is 0.356 e. The number of carbonyl (C=O) groups excluding carboxylic acids is 2.